The number of fused-ring (bicyclic) bond motifs is 2. The van der Waals surface area contributed by atoms with Gasteiger partial charge in [0.15, 0.2) is 5.84 Å². The molecule has 1 N–H and O–H groups in total. The van der Waals surface area contributed by atoms with E-state index in [1.54, 1.807) is 6.20 Å². The highest BCUT2D eigenvalue weighted by atomic mass is 16.5. The fourth-order valence-electron chi connectivity index (χ4n) is 5.52. The Bertz CT molecular complexity index is 1150. The van der Waals surface area contributed by atoms with E-state index in [-0.39, 0.29) is 11.4 Å². The van der Waals surface area contributed by atoms with Crippen LogP contribution >= 0.6 is 0 Å². The summed E-state index contributed by atoms with van der Waals surface area (Å²) in [4.78, 5) is 25.9. The summed E-state index contributed by atoms with van der Waals surface area (Å²) >= 11 is 0. The molecule has 7 heteroatoms. The van der Waals surface area contributed by atoms with Crippen molar-refractivity contribution in [3.05, 3.63) is 76.8 Å². The van der Waals surface area contributed by atoms with Crippen molar-refractivity contribution in [2.75, 3.05) is 39.5 Å². The van der Waals surface area contributed by atoms with Crippen LogP contribution in [0.2, 0.25) is 0 Å². The van der Waals surface area contributed by atoms with Gasteiger partial charge in [0.05, 0.1) is 25.4 Å². The molecule has 0 radical (unpaired) electrons. The van der Waals surface area contributed by atoms with Crippen molar-refractivity contribution >= 4 is 11.8 Å². The first kappa shape index (κ1) is 23.7. The van der Waals surface area contributed by atoms with Gasteiger partial charge in [0, 0.05) is 31.5 Å². The SMILES string of the molecule is CCOC(=O)C1=C(CN2CCOCC2)NC(c2ccccn2)=NC12CCC(C)(C)c1ccccc12. The number of aromatic nitrogens is 1. The lowest BCUT2D eigenvalue weighted by Crippen LogP contribution is -2.50. The largest absolute Gasteiger partial charge is 0.463 e. The Balaban J connectivity index is 1.73. The van der Waals surface area contributed by atoms with E-state index in [1.165, 1.54) is 5.56 Å². The summed E-state index contributed by atoms with van der Waals surface area (Å²) in [5, 5.41) is 3.51. The molecular formula is C28H34N4O3. The van der Waals surface area contributed by atoms with Gasteiger partial charge in [-0.15, -0.1) is 0 Å². The second-order valence-corrected chi connectivity index (χ2v) is 10.1. The normalized spacial score (nSPS) is 23.9. The van der Waals surface area contributed by atoms with Crippen LogP contribution in [0.25, 0.3) is 0 Å². The van der Waals surface area contributed by atoms with Gasteiger partial charge in [-0.05, 0) is 48.4 Å². The summed E-state index contributed by atoms with van der Waals surface area (Å²) < 4.78 is 11.2. The number of benzene rings is 1. The number of ether oxygens (including phenoxy) is 2. The maximum atomic E-state index is 13.7. The zero-order valence-corrected chi connectivity index (χ0v) is 20.8. The fourth-order valence-corrected chi connectivity index (χ4v) is 5.52. The Morgan fingerprint density at radius 1 is 1.09 bits per heavy atom. The number of aliphatic imine (C=N–C) groups is 1. The number of hydrogen-bond donors (Lipinski definition) is 1. The predicted molar refractivity (Wildman–Crippen MR) is 135 cm³/mol. The average molecular weight is 475 g/mol. The summed E-state index contributed by atoms with van der Waals surface area (Å²) in [7, 11) is 0. The number of pyridine rings is 1. The highest BCUT2D eigenvalue weighted by Gasteiger charge is 2.51. The Morgan fingerprint density at radius 3 is 2.54 bits per heavy atom. The summed E-state index contributed by atoms with van der Waals surface area (Å²) in [6.45, 7) is 10.3. The third-order valence-electron chi connectivity index (χ3n) is 7.37. The fraction of sp³-hybridized carbons (Fsp3) is 0.464. The standard InChI is InChI=1S/C28H34N4O3/c1-4-35-26(33)24-23(19-32-15-17-34-18-16-32)30-25(22-11-7-8-14-29-22)31-28(24)13-12-27(2,3)20-9-5-6-10-21(20)28/h5-11,14H,4,12-13,15-19H2,1-3H3,(H,30,31). The molecule has 1 spiro atoms. The van der Waals surface area contributed by atoms with Crippen molar-refractivity contribution in [3.8, 4) is 0 Å². The van der Waals surface area contributed by atoms with Crippen LogP contribution in [0, 0.1) is 0 Å². The van der Waals surface area contributed by atoms with Gasteiger partial charge in [-0.3, -0.25) is 9.88 Å². The number of nitrogens with zero attached hydrogens (tertiary/aromatic N) is 3. The van der Waals surface area contributed by atoms with Crippen LogP contribution in [0.15, 0.2) is 64.9 Å². The van der Waals surface area contributed by atoms with Crippen LogP contribution in [0.4, 0.5) is 0 Å². The van der Waals surface area contributed by atoms with Crippen molar-refractivity contribution in [3.63, 3.8) is 0 Å². The number of amidine groups is 1. The van der Waals surface area contributed by atoms with E-state index in [9.17, 15) is 4.79 Å². The first-order valence-electron chi connectivity index (χ1n) is 12.5. The quantitative estimate of drug-likeness (QED) is 0.668. The molecule has 3 aliphatic rings. The Kier molecular flexibility index (Phi) is 6.47. The molecule has 184 valence electrons. The minimum atomic E-state index is -0.835. The lowest BCUT2D eigenvalue weighted by molar-refractivity contribution is -0.139. The van der Waals surface area contributed by atoms with Gasteiger partial charge in [-0.1, -0.05) is 44.2 Å². The van der Waals surface area contributed by atoms with Crippen molar-refractivity contribution < 1.29 is 14.3 Å². The van der Waals surface area contributed by atoms with Crippen LogP contribution < -0.4 is 5.32 Å². The molecule has 0 saturated carbocycles. The molecule has 1 fully saturated rings. The van der Waals surface area contributed by atoms with E-state index in [1.807, 2.05) is 31.2 Å². The first-order chi connectivity index (χ1) is 16.9. The summed E-state index contributed by atoms with van der Waals surface area (Å²) in [5.74, 6) is 0.387. The maximum Gasteiger partial charge on any atom is 0.338 e. The van der Waals surface area contributed by atoms with Crippen LogP contribution in [-0.2, 0) is 25.2 Å². The number of morpholine rings is 1. The molecule has 1 aromatic heterocycles. The van der Waals surface area contributed by atoms with Gasteiger partial charge in [-0.2, -0.15) is 0 Å². The summed E-state index contributed by atoms with van der Waals surface area (Å²) in [6, 6.07) is 14.3. The lowest BCUT2D eigenvalue weighted by atomic mass is 9.62. The van der Waals surface area contributed by atoms with Crippen LogP contribution in [0.1, 0.15) is 50.4 Å². The van der Waals surface area contributed by atoms with Gasteiger partial charge >= 0.3 is 5.97 Å². The molecular weight excluding hydrogens is 440 g/mol. The molecule has 2 aromatic rings. The lowest BCUT2D eigenvalue weighted by Gasteiger charge is -2.46. The molecule has 1 saturated heterocycles. The minimum Gasteiger partial charge on any atom is -0.463 e. The molecule has 0 bridgehead atoms. The highest BCUT2D eigenvalue weighted by molar-refractivity contribution is 6.03. The molecule has 1 atom stereocenters. The van der Waals surface area contributed by atoms with Crippen LogP contribution in [0.5, 0.6) is 0 Å². The zero-order chi connectivity index (χ0) is 24.5. The number of nitrogens with one attached hydrogen (secondary N) is 1. The molecule has 5 rings (SSSR count). The molecule has 1 aliphatic carbocycles. The van der Waals surface area contributed by atoms with Gasteiger partial charge in [0.2, 0.25) is 0 Å². The summed E-state index contributed by atoms with van der Waals surface area (Å²) in [6.07, 6.45) is 3.39. The number of rotatable bonds is 5. The molecule has 1 aromatic carbocycles. The Morgan fingerprint density at radius 2 is 1.83 bits per heavy atom. The predicted octanol–water partition coefficient (Wildman–Crippen LogP) is 3.55. The Hall–Kier alpha value is -3.03. The average Bonchev–Trinajstić information content (AvgIpc) is 2.88. The van der Waals surface area contributed by atoms with Gasteiger partial charge in [0.1, 0.15) is 11.2 Å². The zero-order valence-electron chi connectivity index (χ0n) is 20.8. The van der Waals surface area contributed by atoms with Crippen molar-refractivity contribution in [2.45, 2.75) is 44.6 Å². The van der Waals surface area contributed by atoms with Crippen LogP contribution in [0.3, 0.4) is 0 Å². The minimum absolute atomic E-state index is 0.0163. The maximum absolute atomic E-state index is 13.7. The number of esters is 1. The smallest absolute Gasteiger partial charge is 0.338 e. The van der Waals surface area contributed by atoms with Crippen LogP contribution in [-0.4, -0.2) is 61.1 Å². The number of carbonyl (C=O) groups excluding carboxylic acids is 1. The second-order valence-electron chi connectivity index (χ2n) is 10.1. The van der Waals surface area contributed by atoms with E-state index in [0.29, 0.717) is 37.8 Å². The van der Waals surface area contributed by atoms with Gasteiger partial charge in [-0.25, -0.2) is 9.79 Å². The van der Waals surface area contributed by atoms with E-state index in [0.717, 1.165) is 42.9 Å². The van der Waals surface area contributed by atoms with Gasteiger partial charge < -0.3 is 14.8 Å². The van der Waals surface area contributed by atoms with E-state index >= 15 is 0 Å². The first-order valence-corrected chi connectivity index (χ1v) is 12.5. The van der Waals surface area contributed by atoms with E-state index < -0.39 is 5.54 Å². The molecule has 7 nitrogen and oxygen atoms in total. The topological polar surface area (TPSA) is 76.0 Å². The van der Waals surface area contributed by atoms with Crippen molar-refractivity contribution in [2.24, 2.45) is 4.99 Å². The van der Waals surface area contributed by atoms with Gasteiger partial charge in [0.25, 0.3) is 0 Å². The van der Waals surface area contributed by atoms with E-state index in [4.69, 9.17) is 14.5 Å². The third kappa shape index (κ3) is 4.39. The Labute approximate surface area is 207 Å². The van der Waals surface area contributed by atoms with Crippen molar-refractivity contribution in [1.29, 1.82) is 0 Å². The molecule has 1 unspecified atom stereocenters. The number of carbonyl (C=O) groups is 1. The third-order valence-corrected chi connectivity index (χ3v) is 7.37. The van der Waals surface area contributed by atoms with E-state index in [2.05, 4.69) is 47.2 Å². The summed E-state index contributed by atoms with van der Waals surface area (Å²) in [5.41, 5.74) is 3.68. The second kappa shape index (κ2) is 9.55. The highest BCUT2D eigenvalue weighted by Crippen LogP contribution is 2.52. The molecule has 35 heavy (non-hydrogen) atoms. The molecule has 3 heterocycles. The molecule has 2 aliphatic heterocycles. The number of hydrogen-bond acceptors (Lipinski definition) is 7. The monoisotopic (exact) mass is 474 g/mol. The molecule has 0 amide bonds. The van der Waals surface area contributed by atoms with Crippen molar-refractivity contribution in [1.82, 2.24) is 15.2 Å².